The van der Waals surface area contributed by atoms with Crippen molar-refractivity contribution >= 4 is 0 Å². The molecule has 0 radical (unpaired) electrons. The second-order valence-electron chi connectivity index (χ2n) is 5.02. The van der Waals surface area contributed by atoms with E-state index in [2.05, 4.69) is 13.8 Å². The van der Waals surface area contributed by atoms with E-state index >= 15 is 0 Å². The molecule has 0 bridgehead atoms. The van der Waals surface area contributed by atoms with Crippen LogP contribution >= 0.6 is 0 Å². The van der Waals surface area contributed by atoms with Crippen LogP contribution in [-0.4, -0.2) is 0 Å². The van der Waals surface area contributed by atoms with Crippen molar-refractivity contribution in [3.63, 3.8) is 0 Å². The van der Waals surface area contributed by atoms with E-state index in [1.165, 1.54) is 0 Å². The van der Waals surface area contributed by atoms with E-state index in [-0.39, 0.29) is 5.41 Å². The molecule has 2 rings (SSSR count). The molecule has 19 heavy (non-hydrogen) atoms. The lowest BCUT2D eigenvalue weighted by Gasteiger charge is -2.24. The molecular formula is C15H22N2O2. The summed E-state index contributed by atoms with van der Waals surface area (Å²) in [5, 5.41) is 0. The molecular weight excluding hydrogens is 240 g/mol. The van der Waals surface area contributed by atoms with Gasteiger partial charge in [0.1, 0.15) is 23.0 Å². The van der Waals surface area contributed by atoms with Gasteiger partial charge in [0.2, 0.25) is 0 Å². The zero-order valence-electron chi connectivity index (χ0n) is 11.6. The van der Waals surface area contributed by atoms with Gasteiger partial charge >= 0.3 is 0 Å². The molecule has 0 aromatic carbocycles. The minimum atomic E-state index is -0.268. The third-order valence-electron chi connectivity index (χ3n) is 3.56. The van der Waals surface area contributed by atoms with Crippen molar-refractivity contribution < 1.29 is 8.83 Å². The number of hydrogen-bond donors (Lipinski definition) is 2. The van der Waals surface area contributed by atoms with Gasteiger partial charge in [-0.05, 0) is 37.6 Å². The first-order chi connectivity index (χ1) is 9.13. The molecule has 4 heteroatoms. The fourth-order valence-electron chi connectivity index (χ4n) is 2.44. The Kier molecular flexibility index (Phi) is 4.12. The zero-order chi connectivity index (χ0) is 13.9. The standard InChI is InChI=1S/C15H22N2O2/c1-3-8-15(2,13-6-4-11(9-16)18-13)14-7-5-12(10-17)19-14/h4-7H,3,8-10,16-17H2,1-2H3. The summed E-state index contributed by atoms with van der Waals surface area (Å²) in [5.74, 6) is 3.38. The highest BCUT2D eigenvalue weighted by Gasteiger charge is 2.34. The summed E-state index contributed by atoms with van der Waals surface area (Å²) in [7, 11) is 0. The predicted octanol–water partition coefficient (Wildman–Crippen LogP) is 2.90. The average molecular weight is 262 g/mol. The molecule has 0 saturated carbocycles. The molecule has 104 valence electrons. The molecule has 0 fully saturated rings. The lowest BCUT2D eigenvalue weighted by atomic mass is 9.81. The predicted molar refractivity (Wildman–Crippen MR) is 74.6 cm³/mol. The number of rotatable bonds is 6. The minimum absolute atomic E-state index is 0.268. The van der Waals surface area contributed by atoms with Crippen molar-refractivity contribution in [2.75, 3.05) is 0 Å². The van der Waals surface area contributed by atoms with Crippen LogP contribution in [0, 0.1) is 0 Å². The monoisotopic (exact) mass is 262 g/mol. The van der Waals surface area contributed by atoms with Gasteiger partial charge in [0.05, 0.1) is 18.5 Å². The van der Waals surface area contributed by atoms with Gasteiger partial charge in [0.25, 0.3) is 0 Å². The second kappa shape index (κ2) is 5.63. The molecule has 0 aliphatic heterocycles. The first-order valence-corrected chi connectivity index (χ1v) is 6.72. The van der Waals surface area contributed by atoms with Gasteiger partial charge in [-0.2, -0.15) is 0 Å². The molecule has 4 N–H and O–H groups in total. The summed E-state index contributed by atoms with van der Waals surface area (Å²) in [6.45, 7) is 5.11. The third kappa shape index (κ3) is 2.60. The van der Waals surface area contributed by atoms with Crippen LogP contribution in [0.4, 0.5) is 0 Å². The molecule has 0 aliphatic rings. The van der Waals surface area contributed by atoms with Crippen LogP contribution in [0.25, 0.3) is 0 Å². The normalized spacial score (nSPS) is 12.0. The topological polar surface area (TPSA) is 78.3 Å². The first-order valence-electron chi connectivity index (χ1n) is 6.72. The van der Waals surface area contributed by atoms with Crippen molar-refractivity contribution in [3.05, 3.63) is 47.3 Å². The minimum Gasteiger partial charge on any atom is -0.464 e. The zero-order valence-corrected chi connectivity index (χ0v) is 11.6. The lowest BCUT2D eigenvalue weighted by molar-refractivity contribution is 0.309. The third-order valence-corrected chi connectivity index (χ3v) is 3.56. The maximum atomic E-state index is 5.83. The van der Waals surface area contributed by atoms with Gasteiger partial charge in [-0.3, -0.25) is 0 Å². The molecule has 0 saturated heterocycles. The SMILES string of the molecule is CCCC(C)(c1ccc(CN)o1)c1ccc(CN)o1. The average Bonchev–Trinajstić information content (AvgIpc) is 3.08. The Labute approximate surface area is 113 Å². The Morgan fingerprint density at radius 1 is 0.947 bits per heavy atom. The largest absolute Gasteiger partial charge is 0.464 e. The van der Waals surface area contributed by atoms with Gasteiger partial charge in [0.15, 0.2) is 0 Å². The summed E-state index contributed by atoms with van der Waals surface area (Å²) in [5.41, 5.74) is 11.0. The van der Waals surface area contributed by atoms with E-state index in [0.29, 0.717) is 13.1 Å². The molecule has 0 aliphatic carbocycles. The van der Waals surface area contributed by atoms with Crippen LogP contribution < -0.4 is 11.5 Å². The van der Waals surface area contributed by atoms with Crippen molar-refractivity contribution in [2.45, 2.75) is 45.2 Å². The van der Waals surface area contributed by atoms with E-state index in [0.717, 1.165) is 35.9 Å². The summed E-state index contributed by atoms with van der Waals surface area (Å²) in [6.07, 6.45) is 1.98. The molecule has 0 atom stereocenters. The molecule has 2 aromatic rings. The van der Waals surface area contributed by atoms with Gasteiger partial charge in [-0.15, -0.1) is 0 Å². The molecule has 4 nitrogen and oxygen atoms in total. The first kappa shape index (κ1) is 13.9. The Balaban J connectivity index is 2.41. The summed E-state index contributed by atoms with van der Waals surface area (Å²) < 4.78 is 11.7. The molecule has 0 unspecified atom stereocenters. The number of nitrogens with two attached hydrogens (primary N) is 2. The molecule has 2 heterocycles. The van der Waals surface area contributed by atoms with Gasteiger partial charge in [-0.25, -0.2) is 0 Å². The van der Waals surface area contributed by atoms with Crippen LogP contribution in [0.5, 0.6) is 0 Å². The molecule has 0 amide bonds. The van der Waals surface area contributed by atoms with Gasteiger partial charge < -0.3 is 20.3 Å². The van der Waals surface area contributed by atoms with Gasteiger partial charge in [0, 0.05) is 0 Å². The Morgan fingerprint density at radius 3 is 1.74 bits per heavy atom. The van der Waals surface area contributed by atoms with Crippen molar-refractivity contribution in [2.24, 2.45) is 11.5 Å². The van der Waals surface area contributed by atoms with Crippen molar-refractivity contribution in [1.82, 2.24) is 0 Å². The van der Waals surface area contributed by atoms with Crippen LogP contribution in [0.3, 0.4) is 0 Å². The van der Waals surface area contributed by atoms with E-state index in [1.54, 1.807) is 0 Å². The highest BCUT2D eigenvalue weighted by Crippen LogP contribution is 2.38. The van der Waals surface area contributed by atoms with Crippen LogP contribution in [0.2, 0.25) is 0 Å². The van der Waals surface area contributed by atoms with Gasteiger partial charge in [-0.1, -0.05) is 13.3 Å². The Hall–Kier alpha value is -1.52. The van der Waals surface area contributed by atoms with E-state index in [9.17, 15) is 0 Å². The maximum absolute atomic E-state index is 5.83. The van der Waals surface area contributed by atoms with E-state index in [1.807, 2.05) is 24.3 Å². The number of hydrogen-bond acceptors (Lipinski definition) is 4. The van der Waals surface area contributed by atoms with Crippen LogP contribution in [0.1, 0.15) is 49.7 Å². The molecule has 2 aromatic heterocycles. The quantitative estimate of drug-likeness (QED) is 0.839. The fourth-order valence-corrected chi connectivity index (χ4v) is 2.44. The lowest BCUT2D eigenvalue weighted by Crippen LogP contribution is -2.22. The summed E-state index contributed by atoms with van der Waals surface area (Å²) in [6, 6.07) is 7.83. The Bertz CT molecular complexity index is 485. The number of furan rings is 2. The molecule has 0 spiro atoms. The second-order valence-corrected chi connectivity index (χ2v) is 5.02. The summed E-state index contributed by atoms with van der Waals surface area (Å²) in [4.78, 5) is 0. The highest BCUT2D eigenvalue weighted by atomic mass is 16.4. The smallest absolute Gasteiger partial charge is 0.117 e. The Morgan fingerprint density at radius 2 is 1.42 bits per heavy atom. The maximum Gasteiger partial charge on any atom is 0.117 e. The van der Waals surface area contributed by atoms with E-state index in [4.69, 9.17) is 20.3 Å². The van der Waals surface area contributed by atoms with E-state index < -0.39 is 0 Å². The van der Waals surface area contributed by atoms with Crippen molar-refractivity contribution in [1.29, 1.82) is 0 Å². The van der Waals surface area contributed by atoms with Crippen molar-refractivity contribution in [3.8, 4) is 0 Å². The van der Waals surface area contributed by atoms with Crippen LogP contribution in [-0.2, 0) is 18.5 Å². The summed E-state index contributed by atoms with van der Waals surface area (Å²) >= 11 is 0. The van der Waals surface area contributed by atoms with Crippen LogP contribution in [0.15, 0.2) is 33.1 Å². The fraction of sp³-hybridized carbons (Fsp3) is 0.467. The highest BCUT2D eigenvalue weighted by molar-refractivity contribution is 5.29.